The van der Waals surface area contributed by atoms with Crippen molar-refractivity contribution in [2.24, 2.45) is 11.1 Å². The number of aromatic nitrogens is 2. The molecule has 1 aliphatic rings. The summed E-state index contributed by atoms with van der Waals surface area (Å²) in [7, 11) is 0. The van der Waals surface area contributed by atoms with E-state index in [1.807, 2.05) is 45.9 Å². The van der Waals surface area contributed by atoms with Crippen molar-refractivity contribution in [3.05, 3.63) is 24.0 Å². The Labute approximate surface area is 160 Å². The van der Waals surface area contributed by atoms with Crippen LogP contribution in [0.5, 0.6) is 0 Å². The van der Waals surface area contributed by atoms with Gasteiger partial charge < -0.3 is 20.8 Å². The number of hydrogen-bond donors (Lipinski definition) is 3. The fraction of sp³-hybridized carbons (Fsp3) is 0.529. The van der Waals surface area contributed by atoms with Crippen LogP contribution < -0.4 is 11.1 Å². The third kappa shape index (κ3) is 3.49. The summed E-state index contributed by atoms with van der Waals surface area (Å²) >= 11 is 0. The van der Waals surface area contributed by atoms with Gasteiger partial charge in [-0.1, -0.05) is 13.8 Å². The number of imidazole rings is 1. The number of halogens is 2. The van der Waals surface area contributed by atoms with Crippen LogP contribution in [0.1, 0.15) is 33.0 Å². The zero-order valence-corrected chi connectivity index (χ0v) is 16.5. The summed E-state index contributed by atoms with van der Waals surface area (Å²) in [6.45, 7) is 8.45. The molecule has 1 fully saturated rings. The minimum atomic E-state index is -0.925. The Hall–Kier alpha value is -1.34. The summed E-state index contributed by atoms with van der Waals surface area (Å²) in [6.07, 6.45) is 0.548. The number of anilines is 1. The SMILES string of the molecule is CCOC1CC(N)(C(=O)Nc2ccc3nc(C)[nH]c3c2)C1(C)C.Cl.Cl. The third-order valence-corrected chi connectivity index (χ3v) is 5.09. The van der Waals surface area contributed by atoms with Crippen molar-refractivity contribution in [3.8, 4) is 0 Å². The van der Waals surface area contributed by atoms with Gasteiger partial charge in [-0.2, -0.15) is 0 Å². The highest BCUT2D eigenvalue weighted by molar-refractivity contribution is 6.00. The van der Waals surface area contributed by atoms with E-state index in [4.69, 9.17) is 10.5 Å². The fourth-order valence-electron chi connectivity index (χ4n) is 3.28. The number of rotatable bonds is 4. The average Bonchev–Trinajstić information content (AvgIpc) is 2.86. The van der Waals surface area contributed by atoms with Gasteiger partial charge >= 0.3 is 0 Å². The van der Waals surface area contributed by atoms with E-state index in [9.17, 15) is 4.79 Å². The largest absolute Gasteiger partial charge is 0.378 e. The highest BCUT2D eigenvalue weighted by Crippen LogP contribution is 2.50. The monoisotopic (exact) mass is 388 g/mol. The zero-order valence-electron chi connectivity index (χ0n) is 14.9. The summed E-state index contributed by atoms with van der Waals surface area (Å²) < 4.78 is 5.68. The molecule has 25 heavy (non-hydrogen) atoms. The molecule has 1 amide bonds. The van der Waals surface area contributed by atoms with E-state index in [2.05, 4.69) is 15.3 Å². The van der Waals surface area contributed by atoms with Gasteiger partial charge in [-0.25, -0.2) is 4.98 Å². The van der Waals surface area contributed by atoms with Gasteiger partial charge in [0, 0.05) is 24.1 Å². The lowest BCUT2D eigenvalue weighted by Crippen LogP contribution is -2.74. The lowest BCUT2D eigenvalue weighted by molar-refractivity contribution is -0.166. The molecular formula is C17H26Cl2N4O2. The summed E-state index contributed by atoms with van der Waals surface area (Å²) in [4.78, 5) is 20.2. The number of amides is 1. The van der Waals surface area contributed by atoms with Gasteiger partial charge in [0.15, 0.2) is 0 Å². The maximum absolute atomic E-state index is 12.7. The van der Waals surface area contributed by atoms with Gasteiger partial charge in [-0.05, 0) is 32.0 Å². The number of benzene rings is 1. The van der Waals surface area contributed by atoms with Crippen molar-refractivity contribution in [1.82, 2.24) is 9.97 Å². The molecule has 8 heteroatoms. The maximum Gasteiger partial charge on any atom is 0.245 e. The van der Waals surface area contributed by atoms with E-state index >= 15 is 0 Å². The van der Waals surface area contributed by atoms with E-state index in [-0.39, 0.29) is 36.8 Å². The van der Waals surface area contributed by atoms with Crippen LogP contribution in [0.4, 0.5) is 5.69 Å². The standard InChI is InChI=1S/C17H24N4O2.2ClH/c1-5-23-14-9-17(18,16(14,3)4)15(22)21-11-6-7-12-13(8-11)20-10(2)19-12;;/h6-8,14H,5,9,18H2,1-4H3,(H,19,20)(H,21,22);2*1H. The quantitative estimate of drug-likeness (QED) is 0.749. The maximum atomic E-state index is 12.7. The Bertz CT molecular complexity index is 762. The molecule has 0 saturated heterocycles. The van der Waals surface area contributed by atoms with Crippen LogP contribution in [0.25, 0.3) is 11.0 Å². The summed E-state index contributed by atoms with van der Waals surface area (Å²) in [6, 6.07) is 5.60. The van der Waals surface area contributed by atoms with E-state index in [1.165, 1.54) is 0 Å². The van der Waals surface area contributed by atoms with Crippen molar-refractivity contribution >= 4 is 47.4 Å². The fourth-order valence-corrected chi connectivity index (χ4v) is 3.28. The van der Waals surface area contributed by atoms with Crippen LogP contribution in [0, 0.1) is 12.3 Å². The molecule has 6 nitrogen and oxygen atoms in total. The number of carbonyl (C=O) groups excluding carboxylic acids is 1. The van der Waals surface area contributed by atoms with Crippen LogP contribution in [0.2, 0.25) is 0 Å². The second kappa shape index (κ2) is 7.50. The second-order valence-corrected chi connectivity index (χ2v) is 6.85. The first-order valence-electron chi connectivity index (χ1n) is 7.96. The molecule has 1 heterocycles. The molecule has 4 N–H and O–H groups in total. The van der Waals surface area contributed by atoms with Gasteiger partial charge in [0.05, 0.1) is 17.1 Å². The lowest BCUT2D eigenvalue weighted by Gasteiger charge is -2.57. The van der Waals surface area contributed by atoms with Crippen LogP contribution >= 0.6 is 24.8 Å². The predicted molar refractivity (Wildman–Crippen MR) is 105 cm³/mol. The van der Waals surface area contributed by atoms with Crippen LogP contribution in [0.15, 0.2) is 18.2 Å². The molecule has 1 aromatic heterocycles. The minimum absolute atomic E-state index is 0. The molecule has 140 valence electrons. The van der Waals surface area contributed by atoms with Gasteiger partial charge in [0.25, 0.3) is 0 Å². The molecule has 1 aromatic carbocycles. The van der Waals surface area contributed by atoms with Crippen LogP contribution in [0.3, 0.4) is 0 Å². The molecule has 0 aliphatic heterocycles. The molecule has 3 rings (SSSR count). The zero-order chi connectivity index (χ0) is 16.8. The molecule has 0 radical (unpaired) electrons. The number of fused-ring (bicyclic) bond motifs is 1. The highest BCUT2D eigenvalue weighted by Gasteiger charge is 2.62. The molecule has 1 saturated carbocycles. The van der Waals surface area contributed by atoms with Crippen LogP contribution in [-0.2, 0) is 9.53 Å². The Morgan fingerprint density at radius 2 is 2.12 bits per heavy atom. The molecule has 2 atom stereocenters. The van der Waals surface area contributed by atoms with E-state index in [0.29, 0.717) is 18.7 Å². The number of hydrogen-bond acceptors (Lipinski definition) is 4. The van der Waals surface area contributed by atoms with Gasteiger partial charge in [0.1, 0.15) is 11.4 Å². The van der Waals surface area contributed by atoms with Gasteiger partial charge in [0.2, 0.25) is 5.91 Å². The Balaban J connectivity index is 0.00000156. The summed E-state index contributed by atoms with van der Waals surface area (Å²) in [5.41, 5.74) is 7.56. The number of nitrogens with two attached hydrogens (primary N) is 1. The lowest BCUT2D eigenvalue weighted by atomic mass is 9.54. The van der Waals surface area contributed by atoms with Crippen molar-refractivity contribution in [2.75, 3.05) is 11.9 Å². The van der Waals surface area contributed by atoms with E-state index in [0.717, 1.165) is 16.9 Å². The molecular weight excluding hydrogens is 363 g/mol. The number of carbonyl (C=O) groups is 1. The number of H-pyrrole nitrogens is 1. The first-order valence-corrected chi connectivity index (χ1v) is 7.96. The number of nitrogens with zero attached hydrogens (tertiary/aromatic N) is 1. The number of ether oxygens (including phenoxy) is 1. The van der Waals surface area contributed by atoms with Crippen molar-refractivity contribution in [3.63, 3.8) is 0 Å². The van der Waals surface area contributed by atoms with Crippen LogP contribution in [-0.4, -0.2) is 34.1 Å². The number of aromatic amines is 1. The van der Waals surface area contributed by atoms with Gasteiger partial charge in [-0.3, -0.25) is 4.79 Å². The van der Waals surface area contributed by atoms with E-state index < -0.39 is 11.0 Å². The molecule has 0 bridgehead atoms. The minimum Gasteiger partial charge on any atom is -0.378 e. The first-order chi connectivity index (χ1) is 10.8. The predicted octanol–water partition coefficient (Wildman–Crippen LogP) is 3.19. The Kier molecular flexibility index (Phi) is 6.51. The summed E-state index contributed by atoms with van der Waals surface area (Å²) in [5.74, 6) is 0.674. The first kappa shape index (κ1) is 21.7. The second-order valence-electron chi connectivity index (χ2n) is 6.85. The molecule has 1 aliphatic carbocycles. The smallest absolute Gasteiger partial charge is 0.245 e. The van der Waals surface area contributed by atoms with Crippen molar-refractivity contribution < 1.29 is 9.53 Å². The highest BCUT2D eigenvalue weighted by atomic mass is 35.5. The number of nitrogens with one attached hydrogen (secondary N) is 2. The van der Waals surface area contributed by atoms with Gasteiger partial charge in [-0.15, -0.1) is 24.8 Å². The average molecular weight is 389 g/mol. The normalized spacial score (nSPS) is 24.0. The topological polar surface area (TPSA) is 93.0 Å². The van der Waals surface area contributed by atoms with E-state index in [1.54, 1.807) is 0 Å². The van der Waals surface area contributed by atoms with Crippen molar-refractivity contribution in [1.29, 1.82) is 0 Å². The Morgan fingerprint density at radius 1 is 1.44 bits per heavy atom. The van der Waals surface area contributed by atoms with Crippen molar-refractivity contribution in [2.45, 2.75) is 45.8 Å². The Morgan fingerprint density at radius 3 is 2.72 bits per heavy atom. The third-order valence-electron chi connectivity index (χ3n) is 5.09. The summed E-state index contributed by atoms with van der Waals surface area (Å²) in [5, 5.41) is 2.94. The molecule has 2 unspecified atom stereocenters. The molecule has 0 spiro atoms. The molecule has 2 aromatic rings. The number of aryl methyl sites for hydroxylation is 1.